The number of hydrogen-bond donors (Lipinski definition) is 3. The van der Waals surface area contributed by atoms with Gasteiger partial charge in [-0.1, -0.05) is 22.0 Å². The van der Waals surface area contributed by atoms with Gasteiger partial charge in [-0.3, -0.25) is 0 Å². The Balaban J connectivity index is 1.63. The van der Waals surface area contributed by atoms with Gasteiger partial charge in [-0.05, 0) is 36.8 Å². The molecule has 2 aromatic heterocycles. The minimum Gasteiger partial charge on any atom is -0.382 e. The van der Waals surface area contributed by atoms with E-state index in [2.05, 4.69) is 46.5 Å². The molecule has 0 aliphatic heterocycles. The first kappa shape index (κ1) is 20.6. The second kappa shape index (κ2) is 9.41. The molecular formula is C17H19BrN6O2S2. The molecule has 1 aromatic carbocycles. The first-order valence-electron chi connectivity index (χ1n) is 8.39. The summed E-state index contributed by atoms with van der Waals surface area (Å²) in [5.41, 5.74) is 3.16. The topological polar surface area (TPSA) is 109 Å². The summed E-state index contributed by atoms with van der Waals surface area (Å²) in [5.74, 6) is 0.771. The lowest BCUT2D eigenvalue weighted by molar-refractivity contribution is 0.581. The molecule has 0 bridgehead atoms. The molecule has 8 nitrogen and oxygen atoms in total. The van der Waals surface area contributed by atoms with E-state index in [4.69, 9.17) is 0 Å². The quantitative estimate of drug-likeness (QED) is 0.402. The number of aromatic nitrogens is 3. The number of aryl methyl sites for hydroxylation is 1. The molecule has 0 aliphatic carbocycles. The lowest BCUT2D eigenvalue weighted by atomic mass is 10.3. The Kier molecular flexibility index (Phi) is 6.94. The van der Waals surface area contributed by atoms with Gasteiger partial charge in [0, 0.05) is 23.8 Å². The molecule has 0 atom stereocenters. The third-order valence-corrected chi connectivity index (χ3v) is 6.36. The van der Waals surface area contributed by atoms with Crippen LogP contribution in [0.4, 0.5) is 11.5 Å². The summed E-state index contributed by atoms with van der Waals surface area (Å²) >= 11 is 4.68. The van der Waals surface area contributed by atoms with Crippen molar-refractivity contribution in [2.45, 2.75) is 18.4 Å². The fourth-order valence-corrected chi connectivity index (χ4v) is 4.41. The van der Waals surface area contributed by atoms with Gasteiger partial charge in [-0.15, -0.1) is 21.5 Å². The molecule has 2 heterocycles. The second-order valence-electron chi connectivity index (χ2n) is 5.87. The van der Waals surface area contributed by atoms with E-state index in [1.54, 1.807) is 29.9 Å². The van der Waals surface area contributed by atoms with Crippen molar-refractivity contribution in [3.8, 4) is 0 Å². The SMILES string of the molecule is Cc1ccc(NCCNc2cc(Br)ccc2S(=O)(=O)NCc2nncs2)nc1. The van der Waals surface area contributed by atoms with E-state index in [0.29, 0.717) is 23.8 Å². The Labute approximate surface area is 176 Å². The smallest absolute Gasteiger partial charge is 0.243 e. The lowest BCUT2D eigenvalue weighted by Crippen LogP contribution is -2.25. The van der Waals surface area contributed by atoms with Gasteiger partial charge in [-0.2, -0.15) is 0 Å². The van der Waals surface area contributed by atoms with Crippen molar-refractivity contribution in [3.63, 3.8) is 0 Å². The van der Waals surface area contributed by atoms with Crippen molar-refractivity contribution in [1.82, 2.24) is 19.9 Å². The first-order chi connectivity index (χ1) is 13.4. The predicted molar refractivity (Wildman–Crippen MR) is 114 cm³/mol. The van der Waals surface area contributed by atoms with Crippen LogP contribution in [0.15, 0.2) is 51.4 Å². The molecule has 0 saturated heterocycles. The molecule has 148 valence electrons. The number of anilines is 2. The minimum absolute atomic E-state index is 0.100. The minimum atomic E-state index is -3.71. The summed E-state index contributed by atoms with van der Waals surface area (Å²) in [6.45, 7) is 3.18. The number of pyridine rings is 1. The number of rotatable bonds is 9. The maximum absolute atomic E-state index is 12.7. The first-order valence-corrected chi connectivity index (χ1v) is 11.5. The molecule has 3 N–H and O–H groups in total. The molecule has 0 saturated carbocycles. The average Bonchev–Trinajstić information content (AvgIpc) is 3.19. The fourth-order valence-electron chi connectivity index (χ4n) is 2.34. The number of benzene rings is 1. The molecule has 0 aliphatic rings. The molecule has 0 amide bonds. The summed E-state index contributed by atoms with van der Waals surface area (Å²) in [6, 6.07) is 8.87. The highest BCUT2D eigenvalue weighted by Crippen LogP contribution is 2.25. The normalized spacial score (nSPS) is 11.4. The van der Waals surface area contributed by atoms with Crippen LogP contribution < -0.4 is 15.4 Å². The van der Waals surface area contributed by atoms with E-state index in [1.165, 1.54) is 11.3 Å². The van der Waals surface area contributed by atoms with Gasteiger partial charge in [-0.25, -0.2) is 18.1 Å². The Hall–Kier alpha value is -2.08. The number of halogens is 1. The standard InChI is InChI=1S/C17H19BrN6O2S2/c1-12-2-5-16(21-9-12)20-7-6-19-14-8-13(18)3-4-15(14)28(25,26)23-10-17-24-22-11-27-17/h2-5,8-9,11,19,23H,6-7,10H2,1H3,(H,20,21). The highest BCUT2D eigenvalue weighted by atomic mass is 79.9. The van der Waals surface area contributed by atoms with Gasteiger partial charge in [0.2, 0.25) is 10.0 Å². The zero-order chi connectivity index (χ0) is 20.0. The van der Waals surface area contributed by atoms with Crippen molar-refractivity contribution in [2.75, 3.05) is 23.7 Å². The van der Waals surface area contributed by atoms with Crippen molar-refractivity contribution >= 4 is 48.8 Å². The van der Waals surface area contributed by atoms with E-state index < -0.39 is 10.0 Å². The van der Waals surface area contributed by atoms with Crippen molar-refractivity contribution in [1.29, 1.82) is 0 Å². The Morgan fingerprint density at radius 3 is 2.68 bits per heavy atom. The van der Waals surface area contributed by atoms with Crippen LogP contribution in [-0.4, -0.2) is 36.7 Å². The molecule has 0 unspecified atom stereocenters. The summed E-state index contributed by atoms with van der Waals surface area (Å²) in [5, 5.41) is 14.5. The summed E-state index contributed by atoms with van der Waals surface area (Å²) in [7, 11) is -3.71. The molecule has 0 fully saturated rings. The van der Waals surface area contributed by atoms with Crippen LogP contribution in [0.1, 0.15) is 10.6 Å². The van der Waals surface area contributed by atoms with Crippen molar-refractivity contribution in [2.24, 2.45) is 0 Å². The van der Waals surface area contributed by atoms with E-state index in [-0.39, 0.29) is 11.4 Å². The summed E-state index contributed by atoms with van der Waals surface area (Å²) < 4.78 is 28.8. The van der Waals surface area contributed by atoms with E-state index in [1.807, 2.05) is 19.1 Å². The zero-order valence-electron chi connectivity index (χ0n) is 15.0. The Bertz CT molecular complexity index is 1010. The monoisotopic (exact) mass is 482 g/mol. The zero-order valence-corrected chi connectivity index (χ0v) is 18.2. The molecule has 28 heavy (non-hydrogen) atoms. The van der Waals surface area contributed by atoms with Gasteiger partial charge in [0.05, 0.1) is 12.2 Å². The maximum atomic E-state index is 12.7. The van der Waals surface area contributed by atoms with Gasteiger partial charge < -0.3 is 10.6 Å². The predicted octanol–water partition coefficient (Wildman–Crippen LogP) is 3.01. The van der Waals surface area contributed by atoms with Gasteiger partial charge in [0.15, 0.2) is 0 Å². The number of nitrogens with one attached hydrogen (secondary N) is 3. The lowest BCUT2D eigenvalue weighted by Gasteiger charge is -2.14. The van der Waals surface area contributed by atoms with Crippen LogP contribution in [0, 0.1) is 6.92 Å². The average molecular weight is 483 g/mol. The van der Waals surface area contributed by atoms with E-state index in [9.17, 15) is 8.42 Å². The van der Waals surface area contributed by atoms with Crippen LogP contribution in [0.25, 0.3) is 0 Å². The van der Waals surface area contributed by atoms with Crippen LogP contribution >= 0.6 is 27.3 Å². The van der Waals surface area contributed by atoms with Crippen LogP contribution in [-0.2, 0) is 16.6 Å². The third kappa shape index (κ3) is 5.71. The fraction of sp³-hybridized carbons (Fsp3) is 0.235. The highest BCUT2D eigenvalue weighted by molar-refractivity contribution is 9.10. The third-order valence-electron chi connectivity index (χ3n) is 3.71. The maximum Gasteiger partial charge on any atom is 0.243 e. The molecule has 0 radical (unpaired) electrons. The van der Waals surface area contributed by atoms with Crippen LogP contribution in [0.5, 0.6) is 0 Å². The van der Waals surface area contributed by atoms with E-state index >= 15 is 0 Å². The second-order valence-corrected chi connectivity index (χ2v) is 9.44. The molecule has 3 rings (SSSR count). The van der Waals surface area contributed by atoms with Crippen molar-refractivity contribution in [3.05, 3.63) is 57.1 Å². The Morgan fingerprint density at radius 1 is 1.14 bits per heavy atom. The van der Waals surface area contributed by atoms with Crippen molar-refractivity contribution < 1.29 is 8.42 Å². The van der Waals surface area contributed by atoms with Crippen LogP contribution in [0.2, 0.25) is 0 Å². The molecule has 0 spiro atoms. The molecule has 11 heteroatoms. The summed E-state index contributed by atoms with van der Waals surface area (Å²) in [6.07, 6.45) is 1.79. The van der Waals surface area contributed by atoms with Gasteiger partial charge in [0.25, 0.3) is 0 Å². The highest BCUT2D eigenvalue weighted by Gasteiger charge is 2.19. The Morgan fingerprint density at radius 2 is 1.96 bits per heavy atom. The number of nitrogens with zero attached hydrogens (tertiary/aromatic N) is 3. The number of sulfonamides is 1. The molecule has 3 aromatic rings. The van der Waals surface area contributed by atoms with Crippen LogP contribution in [0.3, 0.4) is 0 Å². The van der Waals surface area contributed by atoms with Gasteiger partial charge in [0.1, 0.15) is 21.2 Å². The largest absolute Gasteiger partial charge is 0.382 e. The van der Waals surface area contributed by atoms with E-state index in [0.717, 1.165) is 15.9 Å². The van der Waals surface area contributed by atoms with Gasteiger partial charge >= 0.3 is 0 Å². The summed E-state index contributed by atoms with van der Waals surface area (Å²) in [4.78, 5) is 4.45. The number of hydrogen-bond acceptors (Lipinski definition) is 8. The molecular weight excluding hydrogens is 464 g/mol.